The third-order valence-corrected chi connectivity index (χ3v) is 5.09. The third-order valence-electron chi connectivity index (χ3n) is 5.09. The molecule has 1 aliphatic heterocycles. The first-order chi connectivity index (χ1) is 14.2. The number of rotatable bonds is 8. The molecule has 3 unspecified atom stereocenters. The SMILES string of the molecule is CCCCCCC1OC(c2ccccc2)OCC1C(=O)Oc1ccc(C#N)cc1. The zero-order valence-corrected chi connectivity index (χ0v) is 16.8. The van der Waals surface area contributed by atoms with Crippen LogP contribution in [0.4, 0.5) is 0 Å². The van der Waals surface area contributed by atoms with Crippen molar-refractivity contribution >= 4 is 5.97 Å². The molecule has 1 heterocycles. The Morgan fingerprint density at radius 1 is 1.10 bits per heavy atom. The topological polar surface area (TPSA) is 68.6 Å². The van der Waals surface area contributed by atoms with Gasteiger partial charge in [-0.05, 0) is 30.7 Å². The van der Waals surface area contributed by atoms with E-state index in [1.54, 1.807) is 24.3 Å². The van der Waals surface area contributed by atoms with Crippen LogP contribution in [-0.2, 0) is 14.3 Å². The van der Waals surface area contributed by atoms with Gasteiger partial charge >= 0.3 is 5.97 Å². The van der Waals surface area contributed by atoms with Gasteiger partial charge in [-0.1, -0.05) is 62.9 Å². The van der Waals surface area contributed by atoms with Crippen molar-refractivity contribution in [1.82, 2.24) is 0 Å². The van der Waals surface area contributed by atoms with E-state index in [0.717, 1.165) is 31.2 Å². The fourth-order valence-electron chi connectivity index (χ4n) is 3.43. The molecule has 1 aliphatic rings. The van der Waals surface area contributed by atoms with Gasteiger partial charge in [0.2, 0.25) is 0 Å². The van der Waals surface area contributed by atoms with E-state index in [-0.39, 0.29) is 18.7 Å². The first-order valence-corrected chi connectivity index (χ1v) is 10.2. The maximum atomic E-state index is 12.8. The van der Waals surface area contributed by atoms with Crippen molar-refractivity contribution in [3.63, 3.8) is 0 Å². The van der Waals surface area contributed by atoms with Crippen LogP contribution in [0, 0.1) is 17.2 Å². The molecule has 2 aromatic rings. The summed E-state index contributed by atoms with van der Waals surface area (Å²) in [6.07, 6.45) is 4.52. The Bertz CT molecular complexity index is 813. The van der Waals surface area contributed by atoms with Gasteiger partial charge in [-0.25, -0.2) is 0 Å². The van der Waals surface area contributed by atoms with Gasteiger partial charge in [0.15, 0.2) is 6.29 Å². The molecule has 5 heteroatoms. The minimum Gasteiger partial charge on any atom is -0.426 e. The lowest BCUT2D eigenvalue weighted by Crippen LogP contribution is -2.42. The van der Waals surface area contributed by atoms with Crippen molar-refractivity contribution in [2.75, 3.05) is 6.61 Å². The van der Waals surface area contributed by atoms with Gasteiger partial charge in [-0.15, -0.1) is 0 Å². The Morgan fingerprint density at radius 3 is 2.55 bits per heavy atom. The molecule has 1 fully saturated rings. The lowest BCUT2D eigenvalue weighted by Gasteiger charge is -2.35. The summed E-state index contributed by atoms with van der Waals surface area (Å²) in [6.45, 7) is 2.43. The first kappa shape index (κ1) is 21.0. The molecule has 0 spiro atoms. The highest BCUT2D eigenvalue weighted by atomic mass is 16.7. The van der Waals surface area contributed by atoms with E-state index in [9.17, 15) is 4.79 Å². The smallest absolute Gasteiger partial charge is 0.319 e. The van der Waals surface area contributed by atoms with Gasteiger partial charge in [0.25, 0.3) is 0 Å². The molecule has 0 saturated carbocycles. The fraction of sp³-hybridized carbons (Fsp3) is 0.417. The summed E-state index contributed by atoms with van der Waals surface area (Å²) in [5, 5.41) is 8.90. The molecule has 5 nitrogen and oxygen atoms in total. The second kappa shape index (κ2) is 10.8. The fourth-order valence-corrected chi connectivity index (χ4v) is 3.43. The highest BCUT2D eigenvalue weighted by Crippen LogP contribution is 2.32. The van der Waals surface area contributed by atoms with Crippen molar-refractivity contribution in [2.45, 2.75) is 51.4 Å². The summed E-state index contributed by atoms with van der Waals surface area (Å²) in [5.74, 6) is -0.419. The molecule has 0 radical (unpaired) electrons. The second-order valence-corrected chi connectivity index (χ2v) is 7.26. The van der Waals surface area contributed by atoms with E-state index in [2.05, 4.69) is 13.0 Å². The maximum absolute atomic E-state index is 12.8. The molecule has 3 rings (SSSR count). The summed E-state index contributed by atoms with van der Waals surface area (Å²) < 4.78 is 17.6. The minimum absolute atomic E-state index is 0.253. The standard InChI is InChI=1S/C24H27NO4/c1-2-3-4-8-11-22-21(17-27-24(29-22)19-9-6-5-7-10-19)23(26)28-20-14-12-18(16-25)13-15-20/h5-7,9-10,12-15,21-22,24H,2-4,8,11,17H2,1H3. The number of carbonyl (C=O) groups is 1. The molecule has 2 aromatic carbocycles. The highest BCUT2D eigenvalue weighted by Gasteiger charge is 2.38. The second-order valence-electron chi connectivity index (χ2n) is 7.26. The van der Waals surface area contributed by atoms with Gasteiger partial charge in [0.05, 0.1) is 24.3 Å². The van der Waals surface area contributed by atoms with Crippen LogP contribution in [0.15, 0.2) is 54.6 Å². The predicted molar refractivity (Wildman–Crippen MR) is 109 cm³/mol. The van der Waals surface area contributed by atoms with Crippen LogP contribution in [0.25, 0.3) is 0 Å². The molecular formula is C24H27NO4. The van der Waals surface area contributed by atoms with Gasteiger partial charge in [0, 0.05) is 5.56 Å². The van der Waals surface area contributed by atoms with E-state index in [0.29, 0.717) is 11.3 Å². The maximum Gasteiger partial charge on any atom is 0.319 e. The molecule has 29 heavy (non-hydrogen) atoms. The zero-order chi connectivity index (χ0) is 20.5. The molecule has 0 amide bonds. The molecule has 152 valence electrons. The van der Waals surface area contributed by atoms with Gasteiger partial charge in [-0.3, -0.25) is 4.79 Å². The van der Waals surface area contributed by atoms with E-state index in [1.165, 1.54) is 6.42 Å². The lowest BCUT2D eigenvalue weighted by atomic mass is 9.96. The summed E-state index contributed by atoms with van der Waals surface area (Å²) in [7, 11) is 0. The lowest BCUT2D eigenvalue weighted by molar-refractivity contribution is -0.243. The number of hydrogen-bond acceptors (Lipinski definition) is 5. The van der Waals surface area contributed by atoms with Crippen molar-refractivity contribution < 1.29 is 19.0 Å². The summed E-state index contributed by atoms with van der Waals surface area (Å²) in [6, 6.07) is 18.3. The van der Waals surface area contributed by atoms with Crippen molar-refractivity contribution in [3.05, 3.63) is 65.7 Å². The van der Waals surface area contributed by atoms with E-state index < -0.39 is 12.2 Å². The number of nitriles is 1. The Labute approximate surface area is 172 Å². The van der Waals surface area contributed by atoms with E-state index in [4.69, 9.17) is 19.5 Å². The minimum atomic E-state index is -0.479. The highest BCUT2D eigenvalue weighted by molar-refractivity contribution is 5.76. The Balaban J connectivity index is 1.67. The largest absolute Gasteiger partial charge is 0.426 e. The van der Waals surface area contributed by atoms with Crippen LogP contribution >= 0.6 is 0 Å². The molecule has 3 atom stereocenters. The average Bonchev–Trinajstić information content (AvgIpc) is 2.77. The number of esters is 1. The average molecular weight is 393 g/mol. The van der Waals surface area contributed by atoms with Crippen LogP contribution in [0.5, 0.6) is 5.75 Å². The Kier molecular flexibility index (Phi) is 7.80. The molecular weight excluding hydrogens is 366 g/mol. The van der Waals surface area contributed by atoms with E-state index in [1.807, 2.05) is 30.3 Å². The predicted octanol–water partition coefficient (Wildman–Crippen LogP) is 5.16. The zero-order valence-electron chi connectivity index (χ0n) is 16.8. The normalized spacial score (nSPS) is 21.3. The van der Waals surface area contributed by atoms with Crippen LogP contribution in [0.1, 0.15) is 56.4 Å². The quantitative estimate of drug-likeness (QED) is 0.352. The number of benzene rings is 2. The van der Waals surface area contributed by atoms with Crippen LogP contribution in [-0.4, -0.2) is 18.7 Å². The summed E-state index contributed by atoms with van der Waals surface area (Å²) in [5.41, 5.74) is 1.47. The van der Waals surface area contributed by atoms with Crippen molar-refractivity contribution in [2.24, 2.45) is 5.92 Å². The molecule has 0 aliphatic carbocycles. The molecule has 0 bridgehead atoms. The first-order valence-electron chi connectivity index (χ1n) is 10.2. The number of hydrogen-bond donors (Lipinski definition) is 0. The van der Waals surface area contributed by atoms with Crippen LogP contribution in [0.3, 0.4) is 0 Å². The van der Waals surface area contributed by atoms with Gasteiger partial charge in [0.1, 0.15) is 11.7 Å². The van der Waals surface area contributed by atoms with E-state index >= 15 is 0 Å². The summed E-state index contributed by atoms with van der Waals surface area (Å²) >= 11 is 0. The molecule has 0 N–H and O–H groups in total. The monoisotopic (exact) mass is 393 g/mol. The molecule has 1 saturated heterocycles. The summed E-state index contributed by atoms with van der Waals surface area (Å²) in [4.78, 5) is 12.8. The third kappa shape index (κ3) is 5.90. The van der Waals surface area contributed by atoms with Gasteiger partial charge < -0.3 is 14.2 Å². The van der Waals surface area contributed by atoms with Crippen molar-refractivity contribution in [1.29, 1.82) is 5.26 Å². The number of unbranched alkanes of at least 4 members (excludes halogenated alkanes) is 3. The Hall–Kier alpha value is -2.68. The molecule has 0 aromatic heterocycles. The number of nitrogens with zero attached hydrogens (tertiary/aromatic N) is 1. The van der Waals surface area contributed by atoms with Crippen LogP contribution < -0.4 is 4.74 Å². The number of carbonyl (C=O) groups excluding carboxylic acids is 1. The van der Waals surface area contributed by atoms with Crippen LogP contribution in [0.2, 0.25) is 0 Å². The van der Waals surface area contributed by atoms with Gasteiger partial charge in [-0.2, -0.15) is 5.26 Å². The number of ether oxygens (including phenoxy) is 3. The van der Waals surface area contributed by atoms with Crippen molar-refractivity contribution in [3.8, 4) is 11.8 Å². The Morgan fingerprint density at radius 2 is 1.86 bits per heavy atom.